The number of rotatable bonds is 1. The number of allylic oxidation sites excluding steroid dienone is 1. The van der Waals surface area contributed by atoms with Crippen molar-refractivity contribution in [2.24, 2.45) is 28.1 Å². The van der Waals surface area contributed by atoms with E-state index >= 15 is 0 Å². The summed E-state index contributed by atoms with van der Waals surface area (Å²) in [7, 11) is 0. The van der Waals surface area contributed by atoms with Crippen LogP contribution in [0.2, 0.25) is 0 Å². The van der Waals surface area contributed by atoms with E-state index in [1.165, 1.54) is 6.42 Å². The van der Waals surface area contributed by atoms with E-state index in [0.29, 0.717) is 12.3 Å². The maximum absolute atomic E-state index is 13.0. The van der Waals surface area contributed by atoms with Gasteiger partial charge in [-0.1, -0.05) is 40.2 Å². The minimum Gasteiger partial charge on any atom is -0.389 e. The third kappa shape index (κ3) is 1.85. The number of carbonyl (C=O) groups excluding carboxylic acids is 1. The molecular weight excluding hydrogens is 272 g/mol. The zero-order valence-corrected chi connectivity index (χ0v) is 14.7. The summed E-state index contributed by atoms with van der Waals surface area (Å²) in [6.07, 6.45) is 8.55. The van der Waals surface area contributed by atoms with Gasteiger partial charge < -0.3 is 5.11 Å². The van der Waals surface area contributed by atoms with E-state index < -0.39 is 5.60 Å². The highest BCUT2D eigenvalue weighted by molar-refractivity contribution is 5.84. The van der Waals surface area contributed by atoms with E-state index in [1.807, 2.05) is 6.08 Å². The molecule has 0 aromatic heterocycles. The third-order valence-electron chi connectivity index (χ3n) is 7.87. The maximum Gasteiger partial charge on any atom is 0.139 e. The van der Waals surface area contributed by atoms with Gasteiger partial charge in [0.2, 0.25) is 0 Å². The van der Waals surface area contributed by atoms with Crippen molar-refractivity contribution >= 4 is 5.78 Å². The second-order valence-corrected chi connectivity index (χ2v) is 9.38. The van der Waals surface area contributed by atoms with Gasteiger partial charge in [-0.15, -0.1) is 6.58 Å². The SMILES string of the molecule is C=C[C@@]1(C)CC[C@@]2(O)[C@H]1C(=O)CC[C@H]1C(C)(C)CCC[C@@]12C. The predicted molar refractivity (Wildman–Crippen MR) is 89.4 cm³/mol. The van der Waals surface area contributed by atoms with Crippen molar-refractivity contribution in [2.75, 3.05) is 0 Å². The lowest BCUT2D eigenvalue weighted by molar-refractivity contribution is -0.176. The summed E-state index contributed by atoms with van der Waals surface area (Å²) < 4.78 is 0. The topological polar surface area (TPSA) is 37.3 Å². The van der Waals surface area contributed by atoms with Crippen LogP contribution in [0, 0.1) is 28.1 Å². The number of fused-ring (bicyclic) bond motifs is 3. The molecule has 0 aromatic carbocycles. The Hall–Kier alpha value is -0.630. The number of hydrogen-bond acceptors (Lipinski definition) is 2. The molecular formula is C20H32O2. The number of ketones is 1. The van der Waals surface area contributed by atoms with E-state index in [1.54, 1.807) is 0 Å². The smallest absolute Gasteiger partial charge is 0.139 e. The van der Waals surface area contributed by atoms with E-state index in [4.69, 9.17) is 0 Å². The highest BCUT2D eigenvalue weighted by atomic mass is 16.3. The fraction of sp³-hybridized carbons (Fsp3) is 0.850. The number of aliphatic hydroxyl groups is 1. The van der Waals surface area contributed by atoms with Gasteiger partial charge >= 0.3 is 0 Å². The van der Waals surface area contributed by atoms with Crippen LogP contribution in [0.3, 0.4) is 0 Å². The van der Waals surface area contributed by atoms with E-state index in [-0.39, 0.29) is 27.9 Å². The van der Waals surface area contributed by atoms with Crippen molar-refractivity contribution in [3.63, 3.8) is 0 Å². The van der Waals surface area contributed by atoms with Gasteiger partial charge in [0.25, 0.3) is 0 Å². The monoisotopic (exact) mass is 304 g/mol. The normalized spacial score (nSPS) is 50.9. The van der Waals surface area contributed by atoms with E-state index in [0.717, 1.165) is 32.1 Å². The van der Waals surface area contributed by atoms with Gasteiger partial charge in [-0.05, 0) is 48.9 Å². The second-order valence-electron chi connectivity index (χ2n) is 9.38. The highest BCUT2D eigenvalue weighted by Gasteiger charge is 2.68. The Morgan fingerprint density at radius 1 is 1.14 bits per heavy atom. The zero-order valence-electron chi connectivity index (χ0n) is 14.7. The molecule has 2 heteroatoms. The molecule has 5 atom stereocenters. The molecule has 3 rings (SSSR count). The molecule has 0 aromatic rings. The van der Waals surface area contributed by atoms with Gasteiger partial charge in [0.15, 0.2) is 0 Å². The molecule has 22 heavy (non-hydrogen) atoms. The van der Waals surface area contributed by atoms with Gasteiger partial charge in [0, 0.05) is 11.8 Å². The predicted octanol–water partition coefficient (Wildman–Crippen LogP) is 4.52. The summed E-state index contributed by atoms with van der Waals surface area (Å²) in [6.45, 7) is 13.1. The summed E-state index contributed by atoms with van der Waals surface area (Å²) >= 11 is 0. The molecule has 0 aliphatic heterocycles. The van der Waals surface area contributed by atoms with Gasteiger partial charge in [-0.2, -0.15) is 0 Å². The van der Waals surface area contributed by atoms with Crippen molar-refractivity contribution in [1.82, 2.24) is 0 Å². The molecule has 0 amide bonds. The zero-order chi connectivity index (χ0) is 16.4. The number of Topliss-reactive ketones (excluding diaryl/α,β-unsaturated/α-hetero) is 1. The van der Waals surface area contributed by atoms with Crippen LogP contribution in [-0.2, 0) is 4.79 Å². The molecule has 0 heterocycles. The molecule has 0 bridgehead atoms. The highest BCUT2D eigenvalue weighted by Crippen LogP contribution is 2.67. The van der Waals surface area contributed by atoms with Crippen LogP contribution in [0.4, 0.5) is 0 Å². The summed E-state index contributed by atoms with van der Waals surface area (Å²) in [5.74, 6) is 0.440. The maximum atomic E-state index is 13.0. The van der Waals surface area contributed by atoms with Crippen LogP contribution in [-0.4, -0.2) is 16.5 Å². The van der Waals surface area contributed by atoms with Gasteiger partial charge in [-0.3, -0.25) is 4.79 Å². The van der Waals surface area contributed by atoms with Crippen LogP contribution < -0.4 is 0 Å². The average Bonchev–Trinajstić information content (AvgIpc) is 2.66. The standard InChI is InChI=1S/C20H32O2/c1-6-18(4)12-13-20(22)16(18)14(21)8-9-15-17(2,3)10-7-11-19(15,20)5/h6,15-16,22H,1,7-13H2,2-5H3/t15-,16-,18-,19-,20+/m0/s1. The summed E-state index contributed by atoms with van der Waals surface area (Å²) in [6, 6.07) is 0. The number of hydrogen-bond donors (Lipinski definition) is 1. The van der Waals surface area contributed by atoms with Crippen LogP contribution in [0.1, 0.15) is 72.6 Å². The van der Waals surface area contributed by atoms with E-state index in [2.05, 4.69) is 34.3 Å². The number of carbonyl (C=O) groups is 1. The fourth-order valence-electron chi connectivity index (χ4n) is 6.54. The molecule has 0 radical (unpaired) electrons. The first-order valence-corrected chi connectivity index (χ1v) is 8.99. The lowest BCUT2D eigenvalue weighted by Crippen LogP contribution is -2.59. The third-order valence-corrected chi connectivity index (χ3v) is 7.87. The van der Waals surface area contributed by atoms with Gasteiger partial charge in [0.1, 0.15) is 5.78 Å². The minimum absolute atomic E-state index is 0.146. The molecule has 0 unspecified atom stereocenters. The Morgan fingerprint density at radius 2 is 1.82 bits per heavy atom. The van der Waals surface area contributed by atoms with Crippen molar-refractivity contribution < 1.29 is 9.90 Å². The molecule has 3 aliphatic carbocycles. The summed E-state index contributed by atoms with van der Waals surface area (Å²) in [5, 5.41) is 11.8. The van der Waals surface area contributed by atoms with Crippen LogP contribution in [0.5, 0.6) is 0 Å². The first kappa shape index (κ1) is 16.2. The summed E-state index contributed by atoms with van der Waals surface area (Å²) in [5.41, 5.74) is -1.03. The first-order chi connectivity index (χ1) is 10.1. The fourth-order valence-corrected chi connectivity index (χ4v) is 6.54. The Balaban J connectivity index is 2.15. The molecule has 124 valence electrons. The molecule has 0 spiro atoms. The Labute approximate surface area is 135 Å². The Bertz CT molecular complexity index is 508. The van der Waals surface area contributed by atoms with Gasteiger partial charge in [0.05, 0.1) is 11.5 Å². The molecule has 3 fully saturated rings. The lowest BCUT2D eigenvalue weighted by atomic mass is 9.49. The van der Waals surface area contributed by atoms with Crippen molar-refractivity contribution in [2.45, 2.75) is 78.2 Å². The molecule has 3 saturated carbocycles. The van der Waals surface area contributed by atoms with Crippen molar-refractivity contribution in [3.05, 3.63) is 12.7 Å². The molecule has 3 aliphatic rings. The van der Waals surface area contributed by atoms with Crippen molar-refractivity contribution in [3.8, 4) is 0 Å². The summed E-state index contributed by atoms with van der Waals surface area (Å²) in [4.78, 5) is 13.0. The molecule has 0 saturated heterocycles. The van der Waals surface area contributed by atoms with Crippen LogP contribution in [0.25, 0.3) is 0 Å². The Morgan fingerprint density at radius 3 is 2.45 bits per heavy atom. The molecule has 1 N–H and O–H groups in total. The van der Waals surface area contributed by atoms with E-state index in [9.17, 15) is 9.90 Å². The lowest BCUT2D eigenvalue weighted by Gasteiger charge is -2.57. The minimum atomic E-state index is -0.855. The average molecular weight is 304 g/mol. The Kier molecular flexibility index (Phi) is 3.46. The second kappa shape index (κ2) is 4.69. The largest absolute Gasteiger partial charge is 0.389 e. The molecule has 2 nitrogen and oxygen atoms in total. The van der Waals surface area contributed by atoms with Crippen LogP contribution >= 0.6 is 0 Å². The van der Waals surface area contributed by atoms with Crippen molar-refractivity contribution in [1.29, 1.82) is 0 Å². The quantitative estimate of drug-likeness (QED) is 0.723. The first-order valence-electron chi connectivity index (χ1n) is 8.99. The van der Waals surface area contributed by atoms with Crippen LogP contribution in [0.15, 0.2) is 12.7 Å². The van der Waals surface area contributed by atoms with Gasteiger partial charge in [-0.25, -0.2) is 0 Å².